The molecule has 2 nitrogen and oxygen atoms in total. The number of rotatable bonds is 1. The lowest BCUT2D eigenvalue weighted by Gasteiger charge is -1.97. The molecule has 0 spiro atoms. The van der Waals surface area contributed by atoms with Gasteiger partial charge in [-0.3, -0.25) is 4.68 Å². The van der Waals surface area contributed by atoms with Crippen molar-refractivity contribution in [3.8, 4) is 0 Å². The van der Waals surface area contributed by atoms with Crippen LogP contribution >= 0.6 is 27.5 Å². The van der Waals surface area contributed by atoms with Crippen LogP contribution in [0.5, 0.6) is 0 Å². The molecule has 1 aromatic carbocycles. The van der Waals surface area contributed by atoms with Gasteiger partial charge in [-0.15, -0.1) is 0 Å². The smallest absolute Gasteiger partial charge is 0.160 e. The Morgan fingerprint density at radius 2 is 2.31 bits per heavy atom. The monoisotopic (exact) mass is 258 g/mol. The summed E-state index contributed by atoms with van der Waals surface area (Å²) < 4.78 is 2.89. The largest absolute Gasteiger partial charge is 0.264 e. The highest BCUT2D eigenvalue weighted by Gasteiger charge is 2.09. The maximum atomic E-state index is 6.00. The van der Waals surface area contributed by atoms with Crippen molar-refractivity contribution in [2.45, 2.75) is 13.5 Å². The maximum Gasteiger partial charge on any atom is 0.160 e. The fraction of sp³-hybridized carbons (Fsp3) is 0.222. The number of fused-ring (bicyclic) bond motifs is 1. The van der Waals surface area contributed by atoms with Gasteiger partial charge in [-0.1, -0.05) is 17.7 Å². The second kappa shape index (κ2) is 3.31. The molecule has 0 radical (unpaired) electrons. The lowest BCUT2D eigenvalue weighted by molar-refractivity contribution is 0.684. The minimum absolute atomic E-state index is 0.560. The van der Waals surface area contributed by atoms with Crippen LogP contribution in [0.4, 0.5) is 0 Å². The number of hydrogen-bond acceptors (Lipinski definition) is 1. The van der Waals surface area contributed by atoms with Crippen LogP contribution in [0.25, 0.3) is 10.9 Å². The molecule has 13 heavy (non-hydrogen) atoms. The molecule has 68 valence electrons. The molecule has 0 aliphatic carbocycles. The zero-order valence-corrected chi connectivity index (χ0v) is 9.43. The van der Waals surface area contributed by atoms with E-state index in [1.807, 2.05) is 29.8 Å². The molecule has 0 unspecified atom stereocenters. The van der Waals surface area contributed by atoms with Crippen molar-refractivity contribution >= 4 is 38.4 Å². The Morgan fingerprint density at radius 1 is 1.54 bits per heavy atom. The van der Waals surface area contributed by atoms with E-state index in [0.717, 1.165) is 21.9 Å². The standard InChI is InChI=1S/C9H8BrClN2/c1-2-13-7-5-3-4-6(10)8(7)9(11)12-13/h3-5H,2H2,1H3. The molecule has 0 aliphatic rings. The van der Waals surface area contributed by atoms with Crippen molar-refractivity contribution in [1.29, 1.82) is 0 Å². The van der Waals surface area contributed by atoms with Gasteiger partial charge in [0.25, 0.3) is 0 Å². The highest BCUT2D eigenvalue weighted by Crippen LogP contribution is 2.29. The van der Waals surface area contributed by atoms with Gasteiger partial charge in [0.15, 0.2) is 5.15 Å². The molecule has 2 rings (SSSR count). The maximum absolute atomic E-state index is 6.00. The van der Waals surface area contributed by atoms with Crippen LogP contribution in [0.2, 0.25) is 5.15 Å². The Balaban J connectivity index is 2.87. The average Bonchev–Trinajstić information content (AvgIpc) is 2.44. The van der Waals surface area contributed by atoms with Crippen molar-refractivity contribution in [1.82, 2.24) is 9.78 Å². The third kappa shape index (κ3) is 1.36. The molecule has 0 atom stereocenters. The van der Waals surface area contributed by atoms with Gasteiger partial charge in [-0.2, -0.15) is 5.10 Å². The fourth-order valence-electron chi connectivity index (χ4n) is 1.38. The summed E-state index contributed by atoms with van der Waals surface area (Å²) in [5.41, 5.74) is 1.07. The fourth-order valence-corrected chi connectivity index (χ4v) is 2.33. The molecule has 2 aromatic rings. The van der Waals surface area contributed by atoms with Gasteiger partial charge in [-0.05, 0) is 35.0 Å². The minimum atomic E-state index is 0.560. The van der Waals surface area contributed by atoms with E-state index in [2.05, 4.69) is 21.0 Å². The first-order chi connectivity index (χ1) is 6.24. The normalized spacial score (nSPS) is 11.0. The molecule has 0 aliphatic heterocycles. The number of benzene rings is 1. The van der Waals surface area contributed by atoms with Crippen molar-refractivity contribution in [2.75, 3.05) is 0 Å². The third-order valence-electron chi connectivity index (χ3n) is 1.98. The summed E-state index contributed by atoms with van der Waals surface area (Å²) in [6.07, 6.45) is 0. The van der Waals surface area contributed by atoms with Crippen LogP contribution < -0.4 is 0 Å². The summed E-state index contributed by atoms with van der Waals surface area (Å²) in [6.45, 7) is 2.88. The minimum Gasteiger partial charge on any atom is -0.264 e. The van der Waals surface area contributed by atoms with Crippen LogP contribution in [0, 0.1) is 0 Å². The number of halogens is 2. The summed E-state index contributed by atoms with van der Waals surface area (Å²) in [5, 5.41) is 5.77. The molecule has 1 heterocycles. The lowest BCUT2D eigenvalue weighted by Crippen LogP contribution is -1.94. The van der Waals surface area contributed by atoms with E-state index >= 15 is 0 Å². The van der Waals surface area contributed by atoms with Crippen LogP contribution in [-0.2, 0) is 6.54 Å². The average molecular weight is 260 g/mol. The molecule has 0 N–H and O–H groups in total. The second-order valence-electron chi connectivity index (χ2n) is 2.74. The Labute approximate surface area is 89.6 Å². The van der Waals surface area contributed by atoms with E-state index in [4.69, 9.17) is 11.6 Å². The first-order valence-electron chi connectivity index (χ1n) is 4.04. The molecule has 1 aromatic heterocycles. The molecular formula is C9H8BrClN2. The zero-order valence-electron chi connectivity index (χ0n) is 7.09. The van der Waals surface area contributed by atoms with E-state index in [1.54, 1.807) is 0 Å². The SMILES string of the molecule is CCn1nc(Cl)c2c(Br)cccc21. The zero-order chi connectivity index (χ0) is 9.42. The Morgan fingerprint density at radius 3 is 3.00 bits per heavy atom. The number of aromatic nitrogens is 2. The van der Waals surface area contributed by atoms with E-state index < -0.39 is 0 Å². The molecule has 0 amide bonds. The molecule has 0 fully saturated rings. The topological polar surface area (TPSA) is 17.8 Å². The van der Waals surface area contributed by atoms with E-state index in [1.165, 1.54) is 0 Å². The highest BCUT2D eigenvalue weighted by molar-refractivity contribution is 9.10. The number of aryl methyl sites for hydroxylation is 1. The number of hydrogen-bond donors (Lipinski definition) is 0. The van der Waals surface area contributed by atoms with E-state index in [9.17, 15) is 0 Å². The van der Waals surface area contributed by atoms with Gasteiger partial charge in [0, 0.05) is 11.0 Å². The molecule has 0 saturated carbocycles. The summed E-state index contributed by atoms with van der Waals surface area (Å²) in [4.78, 5) is 0. The van der Waals surface area contributed by atoms with Crippen molar-refractivity contribution in [3.05, 3.63) is 27.8 Å². The van der Waals surface area contributed by atoms with Crippen LogP contribution in [0.3, 0.4) is 0 Å². The summed E-state index contributed by atoms with van der Waals surface area (Å²) in [5.74, 6) is 0. The van der Waals surface area contributed by atoms with E-state index in [0.29, 0.717) is 5.15 Å². The molecule has 0 saturated heterocycles. The predicted molar refractivity (Wildman–Crippen MR) is 58.1 cm³/mol. The van der Waals surface area contributed by atoms with Crippen LogP contribution in [-0.4, -0.2) is 9.78 Å². The molecular weight excluding hydrogens is 251 g/mol. The third-order valence-corrected chi connectivity index (χ3v) is 2.91. The van der Waals surface area contributed by atoms with E-state index in [-0.39, 0.29) is 0 Å². The Hall–Kier alpha value is -0.540. The lowest BCUT2D eigenvalue weighted by atomic mass is 10.2. The first kappa shape index (κ1) is 9.03. The second-order valence-corrected chi connectivity index (χ2v) is 3.95. The van der Waals surface area contributed by atoms with Crippen molar-refractivity contribution in [3.63, 3.8) is 0 Å². The van der Waals surface area contributed by atoms with Crippen LogP contribution in [0.15, 0.2) is 22.7 Å². The Bertz CT molecular complexity index is 450. The summed E-state index contributed by atoms with van der Waals surface area (Å²) in [7, 11) is 0. The summed E-state index contributed by atoms with van der Waals surface area (Å²) >= 11 is 9.45. The van der Waals surface area contributed by atoms with Gasteiger partial charge < -0.3 is 0 Å². The first-order valence-corrected chi connectivity index (χ1v) is 5.21. The van der Waals surface area contributed by atoms with Gasteiger partial charge in [0.05, 0.1) is 10.9 Å². The molecule has 0 bridgehead atoms. The summed E-state index contributed by atoms with van der Waals surface area (Å²) in [6, 6.07) is 5.97. The van der Waals surface area contributed by atoms with Gasteiger partial charge in [-0.25, -0.2) is 0 Å². The number of nitrogens with zero attached hydrogens (tertiary/aromatic N) is 2. The van der Waals surface area contributed by atoms with Crippen molar-refractivity contribution < 1.29 is 0 Å². The van der Waals surface area contributed by atoms with Gasteiger partial charge in [0.2, 0.25) is 0 Å². The van der Waals surface area contributed by atoms with Crippen LogP contribution in [0.1, 0.15) is 6.92 Å². The predicted octanol–water partition coefficient (Wildman–Crippen LogP) is 3.47. The van der Waals surface area contributed by atoms with Crippen molar-refractivity contribution in [2.24, 2.45) is 0 Å². The van der Waals surface area contributed by atoms with Gasteiger partial charge in [0.1, 0.15) is 0 Å². The highest BCUT2D eigenvalue weighted by atomic mass is 79.9. The quantitative estimate of drug-likeness (QED) is 0.767. The van der Waals surface area contributed by atoms with Gasteiger partial charge >= 0.3 is 0 Å². The molecule has 4 heteroatoms. The Kier molecular flexibility index (Phi) is 2.30.